The van der Waals surface area contributed by atoms with E-state index in [2.05, 4.69) is 10.6 Å². The van der Waals surface area contributed by atoms with Crippen LogP contribution in [-0.2, 0) is 14.4 Å². The average Bonchev–Trinajstić information content (AvgIpc) is 2.21. The van der Waals surface area contributed by atoms with Crippen molar-refractivity contribution in [2.45, 2.75) is 20.3 Å². The lowest BCUT2D eigenvalue weighted by molar-refractivity contribution is -0.124. The molecular formula is C12H13FN2O3. The Kier molecular flexibility index (Phi) is 4.53. The van der Waals surface area contributed by atoms with Gasteiger partial charge in [0.05, 0.1) is 12.1 Å². The van der Waals surface area contributed by atoms with Gasteiger partial charge in [0.15, 0.2) is 0 Å². The van der Waals surface area contributed by atoms with Gasteiger partial charge in [-0.15, -0.1) is 0 Å². The van der Waals surface area contributed by atoms with Crippen molar-refractivity contribution in [1.82, 2.24) is 0 Å². The third-order valence-electron chi connectivity index (χ3n) is 1.97. The maximum atomic E-state index is 13.3. The molecular weight excluding hydrogens is 239 g/mol. The molecule has 0 bridgehead atoms. The maximum Gasteiger partial charge on any atom is 0.231 e. The number of nitrogens with one attached hydrogen (secondary N) is 2. The van der Waals surface area contributed by atoms with Gasteiger partial charge in [0.1, 0.15) is 11.6 Å². The van der Waals surface area contributed by atoms with Gasteiger partial charge in [-0.2, -0.15) is 0 Å². The Morgan fingerprint density at radius 1 is 1.17 bits per heavy atom. The lowest BCUT2D eigenvalue weighted by Crippen LogP contribution is -2.15. The summed E-state index contributed by atoms with van der Waals surface area (Å²) >= 11 is 0. The third-order valence-corrected chi connectivity index (χ3v) is 1.97. The lowest BCUT2D eigenvalue weighted by atomic mass is 10.2. The summed E-state index contributed by atoms with van der Waals surface area (Å²) in [7, 11) is 0. The second kappa shape index (κ2) is 5.90. The second-order valence-electron chi connectivity index (χ2n) is 3.80. The molecule has 96 valence electrons. The molecule has 2 amide bonds. The minimum Gasteiger partial charge on any atom is -0.326 e. The smallest absolute Gasteiger partial charge is 0.231 e. The van der Waals surface area contributed by atoms with E-state index in [9.17, 15) is 18.8 Å². The molecule has 0 aromatic heterocycles. The summed E-state index contributed by atoms with van der Waals surface area (Å²) in [5.41, 5.74) is 0.287. The number of anilines is 2. The van der Waals surface area contributed by atoms with Crippen LogP contribution in [0.15, 0.2) is 18.2 Å². The molecule has 6 heteroatoms. The topological polar surface area (TPSA) is 75.3 Å². The molecule has 1 rings (SSSR count). The van der Waals surface area contributed by atoms with E-state index in [-0.39, 0.29) is 17.9 Å². The first-order valence-corrected chi connectivity index (χ1v) is 5.25. The fourth-order valence-electron chi connectivity index (χ4n) is 1.32. The molecule has 0 saturated carbocycles. The molecule has 0 fully saturated rings. The Bertz CT molecular complexity index is 500. The standard InChI is InChI=1S/C12H13FN2O3/c1-7(16)5-12(18)15-9-3-4-10(13)11(6-9)14-8(2)17/h3-4,6H,5H2,1-2H3,(H,14,17)(H,15,18). The SMILES string of the molecule is CC(=O)CC(=O)Nc1ccc(F)c(NC(C)=O)c1. The van der Waals surface area contributed by atoms with Gasteiger partial charge in [-0.3, -0.25) is 14.4 Å². The maximum absolute atomic E-state index is 13.3. The number of Topliss-reactive ketones (excluding diaryl/α,β-unsaturated/α-hetero) is 1. The van der Waals surface area contributed by atoms with Crippen LogP contribution in [0.5, 0.6) is 0 Å². The van der Waals surface area contributed by atoms with Crippen LogP contribution >= 0.6 is 0 Å². The number of rotatable bonds is 4. The zero-order valence-corrected chi connectivity index (χ0v) is 10.0. The van der Waals surface area contributed by atoms with Crippen LogP contribution in [0.2, 0.25) is 0 Å². The molecule has 0 aliphatic heterocycles. The lowest BCUT2D eigenvalue weighted by Gasteiger charge is -2.08. The zero-order valence-electron chi connectivity index (χ0n) is 10.0. The Morgan fingerprint density at radius 2 is 1.83 bits per heavy atom. The van der Waals surface area contributed by atoms with E-state index >= 15 is 0 Å². The molecule has 0 saturated heterocycles. The van der Waals surface area contributed by atoms with Gasteiger partial charge in [0.25, 0.3) is 0 Å². The highest BCUT2D eigenvalue weighted by Gasteiger charge is 2.09. The normalized spacial score (nSPS) is 9.72. The number of ketones is 1. The number of hydrogen-bond donors (Lipinski definition) is 2. The molecule has 18 heavy (non-hydrogen) atoms. The fourth-order valence-corrected chi connectivity index (χ4v) is 1.32. The molecule has 0 aliphatic carbocycles. The van der Waals surface area contributed by atoms with Crippen molar-refractivity contribution in [3.63, 3.8) is 0 Å². The Labute approximate surface area is 103 Å². The summed E-state index contributed by atoms with van der Waals surface area (Å²) in [6.45, 7) is 2.55. The van der Waals surface area contributed by atoms with Gasteiger partial charge >= 0.3 is 0 Å². The largest absolute Gasteiger partial charge is 0.326 e. The highest BCUT2D eigenvalue weighted by molar-refractivity contribution is 6.03. The van der Waals surface area contributed by atoms with Crippen LogP contribution in [0.4, 0.5) is 15.8 Å². The predicted molar refractivity (Wildman–Crippen MR) is 64.6 cm³/mol. The average molecular weight is 252 g/mol. The summed E-state index contributed by atoms with van der Waals surface area (Å²) < 4.78 is 13.3. The predicted octanol–water partition coefficient (Wildman–Crippen LogP) is 1.70. The molecule has 1 aromatic rings. The van der Waals surface area contributed by atoms with E-state index in [0.717, 1.165) is 6.07 Å². The molecule has 2 N–H and O–H groups in total. The Hall–Kier alpha value is -2.24. The van der Waals surface area contributed by atoms with Crippen LogP contribution in [0.3, 0.4) is 0 Å². The first-order chi connectivity index (χ1) is 8.38. The first kappa shape index (κ1) is 13.8. The van der Waals surface area contributed by atoms with Crippen molar-refractivity contribution in [1.29, 1.82) is 0 Å². The molecule has 1 aromatic carbocycles. The van der Waals surface area contributed by atoms with E-state index in [1.807, 2.05) is 0 Å². The van der Waals surface area contributed by atoms with Gasteiger partial charge in [0, 0.05) is 12.6 Å². The third kappa shape index (κ3) is 4.32. The molecule has 5 nitrogen and oxygen atoms in total. The van der Waals surface area contributed by atoms with Crippen molar-refractivity contribution in [3.05, 3.63) is 24.0 Å². The van der Waals surface area contributed by atoms with E-state index in [1.54, 1.807) is 0 Å². The van der Waals surface area contributed by atoms with Crippen molar-refractivity contribution in [3.8, 4) is 0 Å². The minimum absolute atomic E-state index is 0.0249. The summed E-state index contributed by atoms with van der Waals surface area (Å²) in [4.78, 5) is 32.9. The van der Waals surface area contributed by atoms with E-state index in [4.69, 9.17) is 0 Å². The molecule has 0 radical (unpaired) electrons. The summed E-state index contributed by atoms with van der Waals surface area (Å²) in [6, 6.07) is 3.75. The molecule has 0 atom stereocenters. The monoisotopic (exact) mass is 252 g/mol. The minimum atomic E-state index is -0.602. The van der Waals surface area contributed by atoms with Gasteiger partial charge in [-0.25, -0.2) is 4.39 Å². The number of carbonyl (C=O) groups excluding carboxylic acids is 3. The van der Waals surface area contributed by atoms with Crippen molar-refractivity contribution >= 4 is 29.0 Å². The second-order valence-corrected chi connectivity index (χ2v) is 3.80. The number of halogens is 1. The number of benzene rings is 1. The Balaban J connectivity index is 2.81. The molecule has 0 aliphatic rings. The number of amides is 2. The van der Waals surface area contributed by atoms with Crippen LogP contribution in [-0.4, -0.2) is 17.6 Å². The van der Waals surface area contributed by atoms with E-state index in [1.165, 1.54) is 26.0 Å². The van der Waals surface area contributed by atoms with Crippen LogP contribution in [0.1, 0.15) is 20.3 Å². The summed E-state index contributed by atoms with van der Waals surface area (Å²) in [6.07, 6.45) is -0.243. The summed E-state index contributed by atoms with van der Waals surface area (Å²) in [5.74, 6) is -1.77. The molecule has 0 heterocycles. The Morgan fingerprint density at radius 3 is 2.39 bits per heavy atom. The van der Waals surface area contributed by atoms with Gasteiger partial charge in [-0.1, -0.05) is 0 Å². The molecule has 0 spiro atoms. The van der Waals surface area contributed by atoms with Crippen LogP contribution in [0, 0.1) is 5.82 Å². The van der Waals surface area contributed by atoms with Crippen LogP contribution < -0.4 is 10.6 Å². The van der Waals surface area contributed by atoms with Crippen LogP contribution in [0.25, 0.3) is 0 Å². The van der Waals surface area contributed by atoms with E-state index in [0.29, 0.717) is 5.69 Å². The number of carbonyl (C=O) groups is 3. The van der Waals surface area contributed by atoms with Crippen molar-refractivity contribution < 1.29 is 18.8 Å². The van der Waals surface area contributed by atoms with Crippen molar-refractivity contribution in [2.75, 3.05) is 10.6 Å². The zero-order chi connectivity index (χ0) is 13.7. The van der Waals surface area contributed by atoms with E-state index < -0.39 is 17.6 Å². The number of hydrogen-bond acceptors (Lipinski definition) is 3. The summed E-state index contributed by atoms with van der Waals surface area (Å²) in [5, 5.41) is 4.73. The van der Waals surface area contributed by atoms with Gasteiger partial charge < -0.3 is 10.6 Å². The highest BCUT2D eigenvalue weighted by Crippen LogP contribution is 2.19. The van der Waals surface area contributed by atoms with Gasteiger partial charge in [-0.05, 0) is 25.1 Å². The first-order valence-electron chi connectivity index (χ1n) is 5.25. The quantitative estimate of drug-likeness (QED) is 0.801. The van der Waals surface area contributed by atoms with Gasteiger partial charge in [0.2, 0.25) is 11.8 Å². The highest BCUT2D eigenvalue weighted by atomic mass is 19.1. The fraction of sp³-hybridized carbons (Fsp3) is 0.250. The molecule has 0 unspecified atom stereocenters. The van der Waals surface area contributed by atoms with Crippen molar-refractivity contribution in [2.24, 2.45) is 0 Å².